The fourth-order valence-electron chi connectivity index (χ4n) is 1.27. The van der Waals surface area contributed by atoms with E-state index in [1.807, 2.05) is 37.8 Å². The van der Waals surface area contributed by atoms with E-state index in [-0.39, 0.29) is 12.0 Å². The zero-order valence-corrected chi connectivity index (χ0v) is 9.82. The number of aliphatic hydroxyl groups excluding tert-OH is 1. The highest BCUT2D eigenvalue weighted by atomic mass is 16.3. The van der Waals surface area contributed by atoms with Crippen molar-refractivity contribution in [1.29, 1.82) is 0 Å². The molecule has 0 amide bonds. The summed E-state index contributed by atoms with van der Waals surface area (Å²) in [6.07, 6.45) is 3.89. The van der Waals surface area contributed by atoms with Crippen LogP contribution in [0.25, 0.3) is 0 Å². The fraction of sp³-hybridized carbons (Fsp3) is 0.727. The molecule has 4 heteroatoms. The summed E-state index contributed by atoms with van der Waals surface area (Å²) >= 11 is 0. The van der Waals surface area contributed by atoms with Crippen LogP contribution in [0, 0.1) is 12.3 Å². The molecule has 4 nitrogen and oxygen atoms in total. The summed E-state index contributed by atoms with van der Waals surface area (Å²) in [7, 11) is 0. The third-order valence-electron chi connectivity index (χ3n) is 2.31. The molecule has 2 N–H and O–H groups in total. The Morgan fingerprint density at radius 2 is 2.27 bits per heavy atom. The second-order valence-electron chi connectivity index (χ2n) is 4.78. The van der Waals surface area contributed by atoms with Crippen LogP contribution in [0.15, 0.2) is 12.4 Å². The Hall–Kier alpha value is -0.870. The highest BCUT2D eigenvalue weighted by Crippen LogP contribution is 2.10. The lowest BCUT2D eigenvalue weighted by Gasteiger charge is -2.21. The number of nitrogens with zero attached hydrogens (tertiary/aromatic N) is 2. The maximum absolute atomic E-state index is 9.06. The van der Waals surface area contributed by atoms with Crippen molar-refractivity contribution in [2.24, 2.45) is 5.41 Å². The summed E-state index contributed by atoms with van der Waals surface area (Å²) in [4.78, 5) is 0. The molecular weight excluding hydrogens is 190 g/mol. The van der Waals surface area contributed by atoms with Crippen LogP contribution in [0.3, 0.4) is 0 Å². The zero-order chi connectivity index (χ0) is 11.3. The minimum atomic E-state index is -0.0416. The summed E-state index contributed by atoms with van der Waals surface area (Å²) < 4.78 is 1.92. The average Bonchev–Trinajstić information content (AvgIpc) is 2.59. The minimum absolute atomic E-state index is 0.0416. The summed E-state index contributed by atoms with van der Waals surface area (Å²) in [6.45, 7) is 8.90. The van der Waals surface area contributed by atoms with Crippen LogP contribution in [-0.2, 0) is 6.54 Å². The number of rotatable bonds is 6. The molecule has 0 atom stereocenters. The molecule has 0 saturated heterocycles. The molecule has 0 radical (unpaired) electrons. The smallest absolute Gasteiger partial charge is 0.0534 e. The van der Waals surface area contributed by atoms with E-state index in [1.54, 1.807) is 0 Å². The summed E-state index contributed by atoms with van der Waals surface area (Å²) in [5.41, 5.74) is 1.14. The Labute approximate surface area is 91.3 Å². The monoisotopic (exact) mass is 211 g/mol. The molecule has 0 saturated carbocycles. The SMILES string of the molecule is Cc1cnn(CCNCC(C)(C)CO)c1. The van der Waals surface area contributed by atoms with Gasteiger partial charge in [0.1, 0.15) is 0 Å². The van der Waals surface area contributed by atoms with Crippen LogP contribution in [-0.4, -0.2) is 34.6 Å². The first-order chi connectivity index (χ1) is 7.03. The van der Waals surface area contributed by atoms with Crippen LogP contribution in [0.1, 0.15) is 19.4 Å². The molecule has 0 aliphatic carbocycles. The second kappa shape index (κ2) is 5.28. The molecule has 1 aromatic rings. The number of aryl methyl sites for hydroxylation is 1. The van der Waals surface area contributed by atoms with Crippen LogP contribution < -0.4 is 5.32 Å². The summed E-state index contributed by atoms with van der Waals surface area (Å²) in [6, 6.07) is 0. The van der Waals surface area contributed by atoms with Gasteiger partial charge in [0.25, 0.3) is 0 Å². The van der Waals surface area contributed by atoms with Gasteiger partial charge in [-0.05, 0) is 12.5 Å². The van der Waals surface area contributed by atoms with Crippen molar-refractivity contribution in [3.63, 3.8) is 0 Å². The molecule has 1 rings (SSSR count). The number of hydrogen-bond acceptors (Lipinski definition) is 3. The van der Waals surface area contributed by atoms with Gasteiger partial charge in [0.05, 0.1) is 12.7 Å². The predicted molar refractivity (Wildman–Crippen MR) is 60.7 cm³/mol. The van der Waals surface area contributed by atoms with Gasteiger partial charge in [0, 0.05) is 31.3 Å². The first-order valence-electron chi connectivity index (χ1n) is 5.34. The Morgan fingerprint density at radius 1 is 1.53 bits per heavy atom. The van der Waals surface area contributed by atoms with Crippen molar-refractivity contribution in [3.8, 4) is 0 Å². The van der Waals surface area contributed by atoms with E-state index in [9.17, 15) is 0 Å². The molecule has 0 fully saturated rings. The van der Waals surface area contributed by atoms with Gasteiger partial charge >= 0.3 is 0 Å². The number of nitrogens with one attached hydrogen (secondary N) is 1. The van der Waals surface area contributed by atoms with E-state index < -0.39 is 0 Å². The van der Waals surface area contributed by atoms with Crippen LogP contribution in [0.2, 0.25) is 0 Å². The second-order valence-corrected chi connectivity index (χ2v) is 4.78. The highest BCUT2D eigenvalue weighted by Gasteiger charge is 2.14. The van der Waals surface area contributed by atoms with E-state index in [0.29, 0.717) is 0 Å². The third kappa shape index (κ3) is 4.44. The topological polar surface area (TPSA) is 50.1 Å². The van der Waals surface area contributed by atoms with E-state index in [0.717, 1.165) is 19.6 Å². The highest BCUT2D eigenvalue weighted by molar-refractivity contribution is 4.99. The van der Waals surface area contributed by atoms with Crippen molar-refractivity contribution in [2.45, 2.75) is 27.3 Å². The van der Waals surface area contributed by atoms with Crippen LogP contribution in [0.5, 0.6) is 0 Å². The Morgan fingerprint density at radius 3 is 2.80 bits per heavy atom. The molecule has 0 aliphatic heterocycles. The van der Waals surface area contributed by atoms with Crippen molar-refractivity contribution in [2.75, 3.05) is 19.7 Å². The van der Waals surface area contributed by atoms with E-state index in [2.05, 4.69) is 10.4 Å². The molecule has 1 aromatic heterocycles. The average molecular weight is 211 g/mol. The maximum atomic E-state index is 9.06. The molecule has 0 aliphatic rings. The summed E-state index contributed by atoms with van der Waals surface area (Å²) in [5.74, 6) is 0. The van der Waals surface area contributed by atoms with E-state index in [1.165, 1.54) is 5.56 Å². The van der Waals surface area contributed by atoms with Crippen molar-refractivity contribution in [3.05, 3.63) is 18.0 Å². The lowest BCUT2D eigenvalue weighted by atomic mass is 9.95. The third-order valence-corrected chi connectivity index (χ3v) is 2.31. The molecule has 86 valence electrons. The Balaban J connectivity index is 2.17. The van der Waals surface area contributed by atoms with Gasteiger partial charge in [-0.25, -0.2) is 0 Å². The van der Waals surface area contributed by atoms with Gasteiger partial charge in [-0.2, -0.15) is 5.10 Å². The van der Waals surface area contributed by atoms with Gasteiger partial charge < -0.3 is 10.4 Å². The predicted octanol–water partition coefficient (Wildman–Crippen LogP) is 0.800. The quantitative estimate of drug-likeness (QED) is 0.684. The van der Waals surface area contributed by atoms with Gasteiger partial charge in [-0.3, -0.25) is 4.68 Å². The largest absolute Gasteiger partial charge is 0.396 e. The van der Waals surface area contributed by atoms with Crippen molar-refractivity contribution >= 4 is 0 Å². The molecule has 0 aromatic carbocycles. The lowest BCUT2D eigenvalue weighted by molar-refractivity contribution is 0.157. The summed E-state index contributed by atoms with van der Waals surface area (Å²) in [5, 5.41) is 16.6. The lowest BCUT2D eigenvalue weighted by Crippen LogP contribution is -2.34. The van der Waals surface area contributed by atoms with E-state index >= 15 is 0 Å². The molecular formula is C11H21N3O. The first-order valence-corrected chi connectivity index (χ1v) is 5.34. The van der Waals surface area contributed by atoms with Crippen molar-refractivity contribution < 1.29 is 5.11 Å². The minimum Gasteiger partial charge on any atom is -0.396 e. The zero-order valence-electron chi connectivity index (χ0n) is 9.82. The Bertz CT molecular complexity index is 294. The van der Waals surface area contributed by atoms with Crippen LogP contribution in [0.4, 0.5) is 0 Å². The molecule has 1 heterocycles. The molecule has 0 spiro atoms. The number of aliphatic hydroxyl groups is 1. The molecule has 15 heavy (non-hydrogen) atoms. The van der Waals surface area contributed by atoms with E-state index in [4.69, 9.17) is 5.11 Å². The van der Waals surface area contributed by atoms with Crippen LogP contribution >= 0.6 is 0 Å². The molecule has 0 bridgehead atoms. The Kier molecular flexibility index (Phi) is 4.29. The van der Waals surface area contributed by atoms with Gasteiger partial charge in [0.2, 0.25) is 0 Å². The van der Waals surface area contributed by atoms with Gasteiger partial charge in [0.15, 0.2) is 0 Å². The van der Waals surface area contributed by atoms with Gasteiger partial charge in [-0.15, -0.1) is 0 Å². The normalized spacial score (nSPS) is 12.0. The van der Waals surface area contributed by atoms with Crippen molar-refractivity contribution in [1.82, 2.24) is 15.1 Å². The number of aromatic nitrogens is 2. The fourth-order valence-corrected chi connectivity index (χ4v) is 1.27. The molecule has 0 unspecified atom stereocenters. The standard InChI is InChI=1S/C11H21N3O/c1-10-6-13-14(7-10)5-4-12-8-11(2,3)9-15/h6-7,12,15H,4-5,8-9H2,1-3H3. The number of hydrogen-bond donors (Lipinski definition) is 2. The first kappa shape index (κ1) is 12.2. The van der Waals surface area contributed by atoms with Gasteiger partial charge in [-0.1, -0.05) is 13.8 Å². The maximum Gasteiger partial charge on any atom is 0.0534 e.